The van der Waals surface area contributed by atoms with E-state index in [1.54, 1.807) is 7.11 Å². The van der Waals surface area contributed by atoms with Gasteiger partial charge in [0.05, 0.1) is 17.9 Å². The normalized spacial score (nSPS) is 25.1. The van der Waals surface area contributed by atoms with E-state index >= 15 is 0 Å². The van der Waals surface area contributed by atoms with E-state index in [4.69, 9.17) is 14.5 Å². The topological polar surface area (TPSA) is 71.9 Å². The minimum Gasteiger partial charge on any atom is -0.373 e. The Balaban J connectivity index is 2.05. The van der Waals surface area contributed by atoms with Gasteiger partial charge in [0.25, 0.3) is 0 Å². The van der Waals surface area contributed by atoms with Crippen molar-refractivity contribution in [1.29, 1.82) is 5.26 Å². The lowest BCUT2D eigenvalue weighted by Crippen LogP contribution is -2.03. The van der Waals surface area contributed by atoms with Crippen molar-refractivity contribution >= 4 is 0 Å². The van der Waals surface area contributed by atoms with Crippen LogP contribution >= 0.6 is 0 Å². The van der Waals surface area contributed by atoms with Crippen molar-refractivity contribution in [3.63, 3.8) is 0 Å². The predicted molar refractivity (Wildman–Crippen MR) is 55.4 cm³/mol. The lowest BCUT2D eigenvalue weighted by Gasteiger charge is -2.08. The average Bonchev–Trinajstić information content (AvgIpc) is 2.95. The molecule has 0 saturated heterocycles. The molecule has 0 radical (unpaired) electrons. The van der Waals surface area contributed by atoms with Crippen LogP contribution in [0.2, 0.25) is 0 Å². The van der Waals surface area contributed by atoms with E-state index in [1.807, 2.05) is 0 Å². The molecule has 0 spiro atoms. The summed E-state index contributed by atoms with van der Waals surface area (Å²) in [4.78, 5) is 4.31. The molecule has 5 heteroatoms. The Hall–Kier alpha value is -1.41. The number of ether oxygens (including phenoxy) is 1. The Kier molecular flexibility index (Phi) is 3.20. The molecule has 1 aliphatic rings. The minimum absolute atomic E-state index is 0.0560. The predicted octanol–water partition coefficient (Wildman–Crippen LogP) is 2.18. The quantitative estimate of drug-likeness (QED) is 0.762. The molecule has 1 aromatic heterocycles. The summed E-state index contributed by atoms with van der Waals surface area (Å²) in [6.45, 7) is 2.08. The second kappa shape index (κ2) is 4.62. The van der Waals surface area contributed by atoms with Gasteiger partial charge in [-0.1, -0.05) is 18.5 Å². The lowest BCUT2D eigenvalue weighted by atomic mass is 10.2. The maximum absolute atomic E-state index is 8.72. The van der Waals surface area contributed by atoms with Crippen molar-refractivity contribution in [3.05, 3.63) is 11.7 Å². The van der Waals surface area contributed by atoms with Crippen molar-refractivity contribution in [2.45, 2.75) is 38.2 Å². The third-order valence-corrected chi connectivity index (χ3v) is 2.85. The Labute approximate surface area is 94.4 Å². The van der Waals surface area contributed by atoms with Gasteiger partial charge in [0.15, 0.2) is 0 Å². The van der Waals surface area contributed by atoms with E-state index in [-0.39, 0.29) is 17.9 Å². The molecular formula is C11H15N3O2. The first kappa shape index (κ1) is 11.1. The highest BCUT2D eigenvalue weighted by molar-refractivity contribution is 5.15. The van der Waals surface area contributed by atoms with E-state index < -0.39 is 0 Å². The number of hydrogen-bond donors (Lipinski definition) is 0. The summed E-state index contributed by atoms with van der Waals surface area (Å²) < 4.78 is 10.5. The fourth-order valence-electron chi connectivity index (χ4n) is 1.75. The average molecular weight is 221 g/mol. The van der Waals surface area contributed by atoms with E-state index in [0.29, 0.717) is 11.7 Å². The number of nitriles is 1. The van der Waals surface area contributed by atoms with Crippen molar-refractivity contribution in [1.82, 2.24) is 10.1 Å². The summed E-state index contributed by atoms with van der Waals surface area (Å²) in [5, 5.41) is 12.6. The first-order valence-electron chi connectivity index (χ1n) is 5.56. The molecule has 0 amide bonds. The molecule has 5 nitrogen and oxygen atoms in total. The molecule has 3 unspecified atom stereocenters. The van der Waals surface area contributed by atoms with E-state index in [0.717, 1.165) is 19.3 Å². The Morgan fingerprint density at radius 1 is 1.69 bits per heavy atom. The van der Waals surface area contributed by atoms with Crippen molar-refractivity contribution in [2.75, 3.05) is 7.11 Å². The SMILES string of the molecule is CCCC(OC)c1noc(C2CC2C#N)n1. The molecule has 0 N–H and O–H groups in total. The molecular weight excluding hydrogens is 206 g/mol. The summed E-state index contributed by atoms with van der Waals surface area (Å²) in [5.41, 5.74) is 0. The highest BCUT2D eigenvalue weighted by atomic mass is 16.5. The summed E-state index contributed by atoms with van der Waals surface area (Å²) in [7, 11) is 1.64. The van der Waals surface area contributed by atoms with Crippen LogP contribution in [0.25, 0.3) is 0 Å². The largest absolute Gasteiger partial charge is 0.373 e. The Bertz CT molecular complexity index is 396. The highest BCUT2D eigenvalue weighted by Crippen LogP contribution is 2.46. The molecule has 1 aromatic rings. The van der Waals surface area contributed by atoms with Crippen LogP contribution in [0, 0.1) is 17.2 Å². The summed E-state index contributed by atoms with van der Waals surface area (Å²) in [5.74, 6) is 1.38. The Morgan fingerprint density at radius 2 is 2.50 bits per heavy atom. The van der Waals surface area contributed by atoms with Crippen LogP contribution in [0.4, 0.5) is 0 Å². The van der Waals surface area contributed by atoms with Gasteiger partial charge in [-0.2, -0.15) is 10.2 Å². The van der Waals surface area contributed by atoms with Crippen molar-refractivity contribution < 1.29 is 9.26 Å². The van der Waals surface area contributed by atoms with Crippen LogP contribution in [0.3, 0.4) is 0 Å². The van der Waals surface area contributed by atoms with Crippen LogP contribution in [0.15, 0.2) is 4.52 Å². The van der Waals surface area contributed by atoms with Gasteiger partial charge in [0.2, 0.25) is 11.7 Å². The smallest absolute Gasteiger partial charge is 0.231 e. The highest BCUT2D eigenvalue weighted by Gasteiger charge is 2.43. The van der Waals surface area contributed by atoms with Gasteiger partial charge < -0.3 is 9.26 Å². The minimum atomic E-state index is -0.0956. The molecule has 1 fully saturated rings. The monoisotopic (exact) mass is 221 g/mol. The number of hydrogen-bond acceptors (Lipinski definition) is 5. The molecule has 2 rings (SSSR count). The van der Waals surface area contributed by atoms with Crippen LogP contribution in [-0.4, -0.2) is 17.3 Å². The molecule has 86 valence electrons. The molecule has 3 atom stereocenters. The van der Waals surface area contributed by atoms with Crippen molar-refractivity contribution in [3.8, 4) is 6.07 Å². The second-order valence-corrected chi connectivity index (χ2v) is 4.08. The van der Waals surface area contributed by atoms with Gasteiger partial charge in [0, 0.05) is 7.11 Å². The summed E-state index contributed by atoms with van der Waals surface area (Å²) in [6, 6.07) is 2.21. The first-order chi connectivity index (χ1) is 7.80. The maximum atomic E-state index is 8.72. The zero-order valence-corrected chi connectivity index (χ0v) is 9.51. The zero-order chi connectivity index (χ0) is 11.5. The fourth-order valence-corrected chi connectivity index (χ4v) is 1.75. The number of methoxy groups -OCH3 is 1. The van der Waals surface area contributed by atoms with Crippen LogP contribution < -0.4 is 0 Å². The summed E-state index contributed by atoms with van der Waals surface area (Å²) >= 11 is 0. The van der Waals surface area contributed by atoms with Gasteiger partial charge in [-0.15, -0.1) is 0 Å². The second-order valence-electron chi connectivity index (χ2n) is 4.08. The van der Waals surface area contributed by atoms with Crippen LogP contribution in [0.5, 0.6) is 0 Å². The molecule has 1 heterocycles. The molecule has 1 saturated carbocycles. The molecule has 1 aliphatic carbocycles. The third-order valence-electron chi connectivity index (χ3n) is 2.85. The number of rotatable bonds is 5. The van der Waals surface area contributed by atoms with E-state index in [2.05, 4.69) is 23.1 Å². The van der Waals surface area contributed by atoms with Gasteiger partial charge in [-0.05, 0) is 12.8 Å². The maximum Gasteiger partial charge on any atom is 0.231 e. The van der Waals surface area contributed by atoms with Crippen LogP contribution in [-0.2, 0) is 4.74 Å². The van der Waals surface area contributed by atoms with Crippen LogP contribution in [0.1, 0.15) is 49.9 Å². The number of nitrogens with zero attached hydrogens (tertiary/aromatic N) is 3. The summed E-state index contributed by atoms with van der Waals surface area (Å²) in [6.07, 6.45) is 2.62. The van der Waals surface area contributed by atoms with Gasteiger partial charge in [0.1, 0.15) is 6.10 Å². The van der Waals surface area contributed by atoms with Gasteiger partial charge >= 0.3 is 0 Å². The number of aromatic nitrogens is 2. The Morgan fingerprint density at radius 3 is 3.06 bits per heavy atom. The first-order valence-corrected chi connectivity index (χ1v) is 5.56. The fraction of sp³-hybridized carbons (Fsp3) is 0.727. The van der Waals surface area contributed by atoms with Gasteiger partial charge in [-0.3, -0.25) is 0 Å². The molecule has 0 aliphatic heterocycles. The molecule has 16 heavy (non-hydrogen) atoms. The zero-order valence-electron chi connectivity index (χ0n) is 9.51. The third kappa shape index (κ3) is 2.07. The van der Waals surface area contributed by atoms with Gasteiger partial charge in [-0.25, -0.2) is 0 Å². The van der Waals surface area contributed by atoms with E-state index in [9.17, 15) is 0 Å². The standard InChI is InChI=1S/C11H15N3O2/c1-3-4-9(15-2)10-13-11(16-14-10)8-5-7(8)6-12/h7-9H,3-5H2,1-2H3. The van der Waals surface area contributed by atoms with Crippen molar-refractivity contribution in [2.24, 2.45) is 5.92 Å². The molecule has 0 bridgehead atoms. The van der Waals surface area contributed by atoms with E-state index in [1.165, 1.54) is 0 Å². The molecule has 0 aromatic carbocycles. The lowest BCUT2D eigenvalue weighted by molar-refractivity contribution is 0.0854.